The van der Waals surface area contributed by atoms with Crippen molar-refractivity contribution in [2.24, 2.45) is 4.99 Å². The fourth-order valence-corrected chi connectivity index (χ4v) is 4.86. The number of amidine groups is 1. The molecule has 1 saturated heterocycles. The number of nitrogens with zero attached hydrogens (tertiary/aromatic N) is 2. The summed E-state index contributed by atoms with van der Waals surface area (Å²) in [5.41, 5.74) is 1.29. The summed E-state index contributed by atoms with van der Waals surface area (Å²) in [5, 5.41) is 10.9. The Morgan fingerprint density at radius 3 is 2.68 bits per heavy atom. The number of likely N-dealkylation sites (tertiary alicyclic amines) is 1. The van der Waals surface area contributed by atoms with Crippen LogP contribution in [0.25, 0.3) is 0 Å². The number of nitrogens with one attached hydrogen (secondary N) is 1. The minimum Gasteiger partial charge on any atom is -0.383 e. The summed E-state index contributed by atoms with van der Waals surface area (Å²) in [5.74, 6) is -0.0731. The van der Waals surface area contributed by atoms with Gasteiger partial charge in [0, 0.05) is 12.1 Å². The number of hydrogen-bond acceptors (Lipinski definition) is 5. The lowest BCUT2D eigenvalue weighted by Gasteiger charge is -2.24. The number of β-amino-alcohol motifs (C(OH)–C–C–N with tert-alkyl or cyclic N) is 1. The van der Waals surface area contributed by atoms with Gasteiger partial charge >= 0.3 is 0 Å². The number of rotatable bonds is 3. The van der Waals surface area contributed by atoms with E-state index in [0.29, 0.717) is 18.5 Å². The first-order chi connectivity index (χ1) is 13.3. The van der Waals surface area contributed by atoms with E-state index in [1.54, 1.807) is 23.1 Å². The van der Waals surface area contributed by atoms with E-state index < -0.39 is 15.6 Å². The fourth-order valence-electron chi connectivity index (χ4n) is 3.60. The van der Waals surface area contributed by atoms with Crippen molar-refractivity contribution in [3.63, 3.8) is 0 Å². The van der Waals surface area contributed by atoms with Crippen molar-refractivity contribution in [1.29, 1.82) is 0 Å². The quantitative estimate of drug-likeness (QED) is 0.809. The topological polar surface area (TPSA) is 99.1 Å². The normalized spacial score (nSPS) is 24.2. The van der Waals surface area contributed by atoms with Crippen molar-refractivity contribution < 1.29 is 18.3 Å². The number of sulfonamides is 1. The molecular weight excluding hydrogens is 378 g/mol. The molecule has 4 rings (SSSR count). The molecule has 1 fully saturated rings. The molecule has 2 aromatic carbocycles. The Morgan fingerprint density at radius 1 is 1.21 bits per heavy atom. The second kappa shape index (κ2) is 6.72. The highest BCUT2D eigenvalue weighted by molar-refractivity contribution is 7.90. The van der Waals surface area contributed by atoms with Gasteiger partial charge in [0.15, 0.2) is 0 Å². The molecule has 2 aromatic rings. The van der Waals surface area contributed by atoms with E-state index in [1.807, 2.05) is 31.2 Å². The van der Waals surface area contributed by atoms with Crippen molar-refractivity contribution in [1.82, 2.24) is 9.62 Å². The van der Waals surface area contributed by atoms with Crippen LogP contribution < -0.4 is 4.72 Å². The van der Waals surface area contributed by atoms with Crippen LogP contribution in [0.2, 0.25) is 0 Å². The molecule has 1 amide bonds. The van der Waals surface area contributed by atoms with Gasteiger partial charge in [0.25, 0.3) is 10.0 Å². The molecule has 2 N–H and O–H groups in total. The Hall–Kier alpha value is -2.71. The number of aryl methyl sites for hydroxylation is 1. The molecule has 1 unspecified atom stereocenters. The number of fused-ring (bicyclic) bond motifs is 1. The number of amides is 1. The van der Waals surface area contributed by atoms with Gasteiger partial charge in [-0.3, -0.25) is 14.5 Å². The minimum atomic E-state index is -3.63. The van der Waals surface area contributed by atoms with Crippen LogP contribution in [-0.2, 0) is 20.4 Å². The monoisotopic (exact) mass is 399 g/mol. The highest BCUT2D eigenvalue weighted by Crippen LogP contribution is 2.32. The highest BCUT2D eigenvalue weighted by atomic mass is 32.2. The third-order valence-electron chi connectivity index (χ3n) is 5.22. The second-order valence-electron chi connectivity index (χ2n) is 7.23. The van der Waals surface area contributed by atoms with E-state index in [0.717, 1.165) is 11.1 Å². The average molecular weight is 399 g/mol. The van der Waals surface area contributed by atoms with Gasteiger partial charge in [-0.25, -0.2) is 8.42 Å². The van der Waals surface area contributed by atoms with Crippen LogP contribution in [0.1, 0.15) is 23.1 Å². The van der Waals surface area contributed by atoms with Crippen LogP contribution >= 0.6 is 0 Å². The number of aliphatic imine (C=N–C) groups is 1. The zero-order valence-corrected chi connectivity index (χ0v) is 16.2. The maximum absolute atomic E-state index is 12.6. The Kier molecular flexibility index (Phi) is 4.47. The van der Waals surface area contributed by atoms with Crippen molar-refractivity contribution in [3.8, 4) is 0 Å². The number of carbonyl (C=O) groups excluding carboxylic acids is 1. The Bertz CT molecular complexity index is 1060. The van der Waals surface area contributed by atoms with Crippen molar-refractivity contribution in [2.45, 2.75) is 23.8 Å². The first-order valence-electron chi connectivity index (χ1n) is 9.02. The standard InChI is InChI=1S/C20H21N3O4S/c1-14-6-8-15(9-7-14)20(25)10-11-23(13-20)18(24)12-21-19-16-4-2-3-5-17(16)28(26,27)22-19/h2-9,25H,10-13H2,1H3,(H,21,22). The lowest BCUT2D eigenvalue weighted by molar-refractivity contribution is -0.129. The maximum atomic E-state index is 12.6. The molecule has 0 spiro atoms. The highest BCUT2D eigenvalue weighted by Gasteiger charge is 2.39. The Balaban J connectivity index is 1.47. The van der Waals surface area contributed by atoms with E-state index in [2.05, 4.69) is 9.71 Å². The summed E-state index contributed by atoms with van der Waals surface area (Å²) in [6, 6.07) is 14.2. The Morgan fingerprint density at radius 2 is 1.93 bits per heavy atom. The summed E-state index contributed by atoms with van der Waals surface area (Å²) in [6.45, 7) is 2.42. The van der Waals surface area contributed by atoms with Crippen LogP contribution in [-0.4, -0.2) is 49.8 Å². The van der Waals surface area contributed by atoms with Gasteiger partial charge in [0.1, 0.15) is 18.0 Å². The molecule has 2 aliphatic heterocycles. The van der Waals surface area contributed by atoms with Gasteiger partial charge in [-0.15, -0.1) is 0 Å². The van der Waals surface area contributed by atoms with E-state index in [9.17, 15) is 18.3 Å². The smallest absolute Gasteiger partial charge is 0.263 e. The average Bonchev–Trinajstić information content (AvgIpc) is 3.20. The molecule has 2 heterocycles. The zero-order chi connectivity index (χ0) is 19.9. The Labute approximate surface area is 163 Å². The molecule has 0 radical (unpaired) electrons. The molecule has 0 bridgehead atoms. The van der Waals surface area contributed by atoms with Crippen LogP contribution in [0.5, 0.6) is 0 Å². The summed E-state index contributed by atoms with van der Waals surface area (Å²) in [4.78, 5) is 18.5. The molecule has 0 aliphatic carbocycles. The molecule has 0 aromatic heterocycles. The molecular formula is C20H21N3O4S. The SMILES string of the molecule is Cc1ccc(C2(O)CCN(C(=O)CN=C3NS(=O)(=O)c4ccccc43)C2)cc1. The molecule has 1 atom stereocenters. The van der Waals surface area contributed by atoms with Gasteiger partial charge in [-0.2, -0.15) is 0 Å². The molecule has 2 aliphatic rings. The molecule has 146 valence electrons. The van der Waals surface area contributed by atoms with Gasteiger partial charge in [0.2, 0.25) is 5.91 Å². The van der Waals surface area contributed by atoms with Gasteiger partial charge in [-0.1, -0.05) is 42.0 Å². The van der Waals surface area contributed by atoms with E-state index in [1.165, 1.54) is 6.07 Å². The zero-order valence-electron chi connectivity index (χ0n) is 15.4. The lowest BCUT2D eigenvalue weighted by atomic mass is 9.92. The number of hydrogen-bond donors (Lipinski definition) is 2. The predicted molar refractivity (Wildman–Crippen MR) is 104 cm³/mol. The minimum absolute atomic E-state index is 0.163. The van der Waals surface area contributed by atoms with Gasteiger partial charge in [0.05, 0.1) is 11.4 Å². The van der Waals surface area contributed by atoms with E-state index in [4.69, 9.17) is 0 Å². The van der Waals surface area contributed by atoms with Crippen LogP contribution in [0.15, 0.2) is 58.4 Å². The first-order valence-corrected chi connectivity index (χ1v) is 10.5. The summed E-state index contributed by atoms with van der Waals surface area (Å²) in [6.07, 6.45) is 0.452. The number of carbonyl (C=O) groups is 1. The molecule has 28 heavy (non-hydrogen) atoms. The van der Waals surface area contributed by atoms with E-state index >= 15 is 0 Å². The molecule has 0 saturated carbocycles. The van der Waals surface area contributed by atoms with Crippen LogP contribution in [0, 0.1) is 6.92 Å². The summed E-state index contributed by atoms with van der Waals surface area (Å²) >= 11 is 0. The fraction of sp³-hybridized carbons (Fsp3) is 0.300. The lowest BCUT2D eigenvalue weighted by Crippen LogP contribution is -2.36. The summed E-state index contributed by atoms with van der Waals surface area (Å²) in [7, 11) is -3.63. The number of aliphatic hydroxyl groups is 1. The third-order valence-corrected chi connectivity index (χ3v) is 6.62. The van der Waals surface area contributed by atoms with Crippen LogP contribution in [0.3, 0.4) is 0 Å². The molecule has 8 heteroatoms. The van der Waals surface area contributed by atoms with Crippen molar-refractivity contribution in [2.75, 3.05) is 19.6 Å². The largest absolute Gasteiger partial charge is 0.383 e. The van der Waals surface area contributed by atoms with Gasteiger partial charge in [-0.05, 0) is 31.0 Å². The van der Waals surface area contributed by atoms with Crippen molar-refractivity contribution >= 4 is 21.8 Å². The summed E-state index contributed by atoms with van der Waals surface area (Å²) < 4.78 is 26.6. The van der Waals surface area contributed by atoms with Crippen molar-refractivity contribution in [3.05, 3.63) is 65.2 Å². The second-order valence-corrected chi connectivity index (χ2v) is 8.88. The molecule has 7 nitrogen and oxygen atoms in total. The maximum Gasteiger partial charge on any atom is 0.263 e. The third kappa shape index (κ3) is 3.29. The van der Waals surface area contributed by atoms with Gasteiger partial charge < -0.3 is 10.0 Å². The predicted octanol–water partition coefficient (Wildman–Crippen LogP) is 1.15. The van der Waals surface area contributed by atoms with E-state index in [-0.39, 0.29) is 29.7 Å². The van der Waals surface area contributed by atoms with Crippen LogP contribution in [0.4, 0.5) is 0 Å². The number of benzene rings is 2. The first kappa shape index (κ1) is 18.6.